The second kappa shape index (κ2) is 7.10. The average molecular weight is 267 g/mol. The van der Waals surface area contributed by atoms with Gasteiger partial charge >= 0.3 is 0 Å². The Morgan fingerprint density at radius 1 is 1.42 bits per heavy atom. The number of hydrogen-bond acceptors (Lipinski definition) is 7. The van der Waals surface area contributed by atoms with Crippen LogP contribution in [0.1, 0.15) is 6.42 Å². The number of nitrogens with two attached hydrogens (primary N) is 1. The first-order valence-corrected chi connectivity index (χ1v) is 6.49. The van der Waals surface area contributed by atoms with Gasteiger partial charge in [0.2, 0.25) is 0 Å². The first kappa shape index (κ1) is 13.8. The molecule has 106 valence electrons. The molecule has 1 aliphatic heterocycles. The lowest BCUT2D eigenvalue weighted by molar-refractivity contribution is 0.122. The third-order valence-electron chi connectivity index (χ3n) is 2.99. The summed E-state index contributed by atoms with van der Waals surface area (Å²) in [5, 5.41) is 3.21. The molecular formula is C12H21N5O2. The van der Waals surface area contributed by atoms with Crippen molar-refractivity contribution in [1.82, 2.24) is 9.97 Å². The van der Waals surface area contributed by atoms with Crippen LogP contribution < -0.4 is 16.0 Å². The molecule has 1 fully saturated rings. The van der Waals surface area contributed by atoms with Crippen LogP contribution in [-0.2, 0) is 9.47 Å². The molecule has 0 amide bonds. The fourth-order valence-corrected chi connectivity index (χ4v) is 1.98. The maximum atomic E-state index is 6.13. The highest BCUT2D eigenvalue weighted by Gasteiger charge is 2.17. The Labute approximate surface area is 113 Å². The van der Waals surface area contributed by atoms with Crippen LogP contribution in [0.3, 0.4) is 0 Å². The molecule has 0 aliphatic carbocycles. The maximum Gasteiger partial charge on any atom is 0.157 e. The number of morpholine rings is 1. The molecule has 19 heavy (non-hydrogen) atoms. The van der Waals surface area contributed by atoms with Crippen molar-refractivity contribution in [2.24, 2.45) is 0 Å². The number of methoxy groups -OCH3 is 1. The van der Waals surface area contributed by atoms with Crippen LogP contribution in [0, 0.1) is 0 Å². The Bertz CT molecular complexity index is 396. The fraction of sp³-hybridized carbons (Fsp3) is 0.667. The van der Waals surface area contributed by atoms with E-state index in [1.54, 1.807) is 13.4 Å². The number of rotatable bonds is 6. The lowest BCUT2D eigenvalue weighted by Crippen LogP contribution is -2.37. The molecule has 2 heterocycles. The van der Waals surface area contributed by atoms with Gasteiger partial charge in [0.15, 0.2) is 11.6 Å². The van der Waals surface area contributed by atoms with Crippen LogP contribution in [0.2, 0.25) is 0 Å². The van der Waals surface area contributed by atoms with E-state index in [1.807, 2.05) is 0 Å². The minimum absolute atomic E-state index is 0.599. The first-order chi connectivity index (χ1) is 9.33. The van der Waals surface area contributed by atoms with Crippen molar-refractivity contribution < 1.29 is 9.47 Å². The summed E-state index contributed by atoms with van der Waals surface area (Å²) >= 11 is 0. The number of aromatic nitrogens is 2. The monoisotopic (exact) mass is 267 g/mol. The van der Waals surface area contributed by atoms with E-state index in [1.165, 1.54) is 0 Å². The molecule has 0 radical (unpaired) electrons. The molecule has 0 bridgehead atoms. The van der Waals surface area contributed by atoms with E-state index in [4.69, 9.17) is 15.2 Å². The number of nitrogens with one attached hydrogen (secondary N) is 1. The quantitative estimate of drug-likeness (QED) is 0.719. The smallest absolute Gasteiger partial charge is 0.157 e. The van der Waals surface area contributed by atoms with Crippen molar-refractivity contribution in [3.8, 4) is 0 Å². The van der Waals surface area contributed by atoms with E-state index >= 15 is 0 Å². The van der Waals surface area contributed by atoms with Crippen molar-refractivity contribution in [3.05, 3.63) is 6.33 Å². The van der Waals surface area contributed by atoms with E-state index < -0.39 is 0 Å². The first-order valence-electron chi connectivity index (χ1n) is 6.49. The van der Waals surface area contributed by atoms with Gasteiger partial charge in [-0.2, -0.15) is 0 Å². The lowest BCUT2D eigenvalue weighted by Gasteiger charge is -2.28. The summed E-state index contributed by atoms with van der Waals surface area (Å²) in [7, 11) is 1.69. The molecule has 3 N–H and O–H groups in total. The number of nitrogens with zero attached hydrogens (tertiary/aromatic N) is 3. The molecule has 0 saturated carbocycles. The zero-order valence-electron chi connectivity index (χ0n) is 11.3. The number of hydrogen-bond donors (Lipinski definition) is 2. The fourth-order valence-electron chi connectivity index (χ4n) is 1.98. The van der Waals surface area contributed by atoms with Crippen LogP contribution in [0.15, 0.2) is 6.33 Å². The van der Waals surface area contributed by atoms with Crippen molar-refractivity contribution in [1.29, 1.82) is 0 Å². The second-order valence-corrected chi connectivity index (χ2v) is 4.33. The van der Waals surface area contributed by atoms with Gasteiger partial charge < -0.3 is 25.4 Å². The van der Waals surface area contributed by atoms with Gasteiger partial charge in [0.1, 0.15) is 12.0 Å². The Morgan fingerprint density at radius 3 is 2.95 bits per heavy atom. The number of nitrogen functional groups attached to an aromatic ring is 1. The number of ether oxygens (including phenoxy) is 2. The molecule has 2 rings (SSSR count). The molecule has 0 aromatic carbocycles. The van der Waals surface area contributed by atoms with Gasteiger partial charge in [-0.05, 0) is 6.42 Å². The van der Waals surface area contributed by atoms with E-state index in [0.717, 1.165) is 31.9 Å². The molecule has 7 heteroatoms. The van der Waals surface area contributed by atoms with Crippen LogP contribution >= 0.6 is 0 Å². The Balaban J connectivity index is 2.00. The zero-order valence-corrected chi connectivity index (χ0v) is 11.3. The summed E-state index contributed by atoms with van der Waals surface area (Å²) in [4.78, 5) is 10.6. The van der Waals surface area contributed by atoms with Crippen LogP contribution in [0.5, 0.6) is 0 Å². The van der Waals surface area contributed by atoms with Crippen molar-refractivity contribution in [2.45, 2.75) is 6.42 Å². The minimum Gasteiger partial charge on any atom is -0.393 e. The van der Waals surface area contributed by atoms with E-state index in [2.05, 4.69) is 20.2 Å². The van der Waals surface area contributed by atoms with E-state index in [9.17, 15) is 0 Å². The molecule has 7 nitrogen and oxygen atoms in total. The normalized spacial score (nSPS) is 15.5. The van der Waals surface area contributed by atoms with Gasteiger partial charge in [0.25, 0.3) is 0 Å². The van der Waals surface area contributed by atoms with Crippen molar-refractivity contribution in [2.75, 3.05) is 62.5 Å². The maximum absolute atomic E-state index is 6.13. The zero-order chi connectivity index (χ0) is 13.5. The highest BCUT2D eigenvalue weighted by Crippen LogP contribution is 2.26. The molecule has 0 spiro atoms. The standard InChI is InChI=1S/C12H21N5O2/c1-18-6-2-3-14-11-10(13)12(16-9-15-11)17-4-7-19-8-5-17/h9H,2-8,13H2,1H3,(H,14,15,16). The Hall–Kier alpha value is -1.60. The molecule has 0 atom stereocenters. The second-order valence-electron chi connectivity index (χ2n) is 4.33. The van der Waals surface area contributed by atoms with Gasteiger partial charge in [-0.3, -0.25) is 0 Å². The average Bonchev–Trinajstić information content (AvgIpc) is 2.46. The van der Waals surface area contributed by atoms with Gasteiger partial charge in [0.05, 0.1) is 13.2 Å². The van der Waals surface area contributed by atoms with Gasteiger partial charge in [-0.1, -0.05) is 0 Å². The van der Waals surface area contributed by atoms with Gasteiger partial charge in [0, 0.05) is 33.4 Å². The highest BCUT2D eigenvalue weighted by atomic mass is 16.5. The predicted molar refractivity (Wildman–Crippen MR) is 74.5 cm³/mol. The Kier molecular flexibility index (Phi) is 5.17. The van der Waals surface area contributed by atoms with Gasteiger partial charge in [-0.25, -0.2) is 9.97 Å². The molecule has 1 aromatic rings. The molecule has 1 aliphatic rings. The SMILES string of the molecule is COCCCNc1ncnc(N2CCOCC2)c1N. The summed E-state index contributed by atoms with van der Waals surface area (Å²) in [6.07, 6.45) is 2.45. The molecule has 0 unspecified atom stereocenters. The summed E-state index contributed by atoms with van der Waals surface area (Å²) in [6.45, 7) is 4.53. The number of anilines is 3. The Morgan fingerprint density at radius 2 is 2.21 bits per heavy atom. The lowest BCUT2D eigenvalue weighted by atomic mass is 10.3. The van der Waals surface area contributed by atoms with Crippen LogP contribution in [-0.4, -0.2) is 56.5 Å². The van der Waals surface area contributed by atoms with Gasteiger partial charge in [-0.15, -0.1) is 0 Å². The van der Waals surface area contributed by atoms with Crippen molar-refractivity contribution in [3.63, 3.8) is 0 Å². The van der Waals surface area contributed by atoms with Crippen LogP contribution in [0.4, 0.5) is 17.3 Å². The summed E-state index contributed by atoms with van der Waals surface area (Å²) in [6, 6.07) is 0. The summed E-state index contributed by atoms with van der Waals surface area (Å²) < 4.78 is 10.3. The molecule has 1 saturated heterocycles. The van der Waals surface area contributed by atoms with Crippen molar-refractivity contribution >= 4 is 17.3 Å². The largest absolute Gasteiger partial charge is 0.393 e. The van der Waals surface area contributed by atoms with E-state index in [-0.39, 0.29) is 0 Å². The van der Waals surface area contributed by atoms with Crippen LogP contribution in [0.25, 0.3) is 0 Å². The van der Waals surface area contributed by atoms with E-state index in [0.29, 0.717) is 31.3 Å². The topological polar surface area (TPSA) is 85.5 Å². The summed E-state index contributed by atoms with van der Waals surface area (Å²) in [5.74, 6) is 1.47. The summed E-state index contributed by atoms with van der Waals surface area (Å²) in [5.41, 5.74) is 6.73. The molecular weight excluding hydrogens is 246 g/mol. The molecule has 1 aromatic heterocycles. The minimum atomic E-state index is 0.599. The predicted octanol–water partition coefficient (Wildman–Crippen LogP) is 0.344. The third-order valence-corrected chi connectivity index (χ3v) is 2.99. The highest BCUT2D eigenvalue weighted by molar-refractivity contribution is 5.74. The third kappa shape index (κ3) is 3.68.